The van der Waals surface area contributed by atoms with Crippen molar-refractivity contribution in [2.24, 2.45) is 11.1 Å². The minimum atomic E-state index is -0.411. The first-order chi connectivity index (χ1) is 10.1. The van der Waals surface area contributed by atoms with Gasteiger partial charge in [0, 0.05) is 18.8 Å². The van der Waals surface area contributed by atoms with E-state index in [1.165, 1.54) is 4.68 Å². The number of anilines is 1. The third-order valence-corrected chi connectivity index (χ3v) is 4.32. The molecule has 0 spiro atoms. The molecule has 0 aliphatic heterocycles. The van der Waals surface area contributed by atoms with Gasteiger partial charge in [0.05, 0.1) is 17.3 Å². The van der Waals surface area contributed by atoms with E-state index in [-0.39, 0.29) is 18.4 Å². The predicted molar refractivity (Wildman–Crippen MR) is 77.4 cm³/mol. The maximum Gasteiger partial charge on any atom is 0.241 e. The molecule has 3 rings (SSSR count). The van der Waals surface area contributed by atoms with Crippen molar-refractivity contribution in [2.45, 2.75) is 44.7 Å². The fourth-order valence-electron chi connectivity index (χ4n) is 2.55. The molecule has 0 radical (unpaired) electrons. The standard InChI is InChI=1S/C14H21N5O2/c15-9-14(4-1-5-14)13(21)18-11-6-16-19(7-11)8-12(20)17-10-2-3-10/h6-7,10H,1-5,8-9,15H2,(H,17,20)(H,18,21). The van der Waals surface area contributed by atoms with Crippen LogP contribution in [0.4, 0.5) is 5.69 Å². The lowest BCUT2D eigenvalue weighted by Gasteiger charge is -2.38. The molecule has 2 saturated carbocycles. The third kappa shape index (κ3) is 3.07. The molecule has 2 fully saturated rings. The van der Waals surface area contributed by atoms with E-state index in [0.29, 0.717) is 18.3 Å². The lowest BCUT2D eigenvalue weighted by Crippen LogP contribution is -2.47. The van der Waals surface area contributed by atoms with Crippen molar-refractivity contribution in [1.82, 2.24) is 15.1 Å². The average Bonchev–Trinajstić information content (AvgIpc) is 3.09. The summed E-state index contributed by atoms with van der Waals surface area (Å²) in [6, 6.07) is 0.343. The summed E-state index contributed by atoms with van der Waals surface area (Å²) in [6.07, 6.45) is 8.09. The van der Waals surface area contributed by atoms with Crippen molar-refractivity contribution in [1.29, 1.82) is 0 Å². The second kappa shape index (κ2) is 5.48. The zero-order chi connectivity index (χ0) is 14.9. The predicted octanol–water partition coefficient (Wildman–Crippen LogP) is 0.229. The molecule has 7 heteroatoms. The van der Waals surface area contributed by atoms with Crippen LogP contribution in [0.25, 0.3) is 0 Å². The van der Waals surface area contributed by atoms with Crippen LogP contribution in [-0.4, -0.2) is 34.2 Å². The molecule has 0 bridgehead atoms. The zero-order valence-electron chi connectivity index (χ0n) is 12.0. The topological polar surface area (TPSA) is 102 Å². The summed E-state index contributed by atoms with van der Waals surface area (Å²) in [5.74, 6) is -0.0888. The number of hydrogen-bond acceptors (Lipinski definition) is 4. The highest BCUT2D eigenvalue weighted by molar-refractivity contribution is 5.95. The van der Waals surface area contributed by atoms with Gasteiger partial charge in [-0.05, 0) is 25.7 Å². The lowest BCUT2D eigenvalue weighted by atomic mass is 9.68. The number of rotatable bonds is 6. The highest BCUT2D eigenvalue weighted by atomic mass is 16.2. The molecule has 0 saturated heterocycles. The third-order valence-electron chi connectivity index (χ3n) is 4.32. The molecule has 7 nitrogen and oxygen atoms in total. The second-order valence-corrected chi connectivity index (χ2v) is 6.06. The van der Waals surface area contributed by atoms with Crippen molar-refractivity contribution < 1.29 is 9.59 Å². The average molecular weight is 291 g/mol. The first-order valence-corrected chi connectivity index (χ1v) is 7.45. The summed E-state index contributed by atoms with van der Waals surface area (Å²) >= 11 is 0. The van der Waals surface area contributed by atoms with Crippen molar-refractivity contribution >= 4 is 17.5 Å². The van der Waals surface area contributed by atoms with E-state index in [1.54, 1.807) is 12.4 Å². The molecule has 0 aromatic carbocycles. The fraction of sp³-hybridized carbons (Fsp3) is 0.643. The van der Waals surface area contributed by atoms with Crippen LogP contribution in [0.5, 0.6) is 0 Å². The van der Waals surface area contributed by atoms with Gasteiger partial charge >= 0.3 is 0 Å². The Bertz CT molecular complexity index is 540. The smallest absolute Gasteiger partial charge is 0.241 e. The Hall–Kier alpha value is -1.89. The van der Waals surface area contributed by atoms with Crippen molar-refractivity contribution in [3.8, 4) is 0 Å². The molecule has 1 aromatic heterocycles. The molecule has 114 valence electrons. The van der Waals surface area contributed by atoms with Gasteiger partial charge in [-0.15, -0.1) is 0 Å². The summed E-state index contributed by atoms with van der Waals surface area (Å²) in [7, 11) is 0. The zero-order valence-corrected chi connectivity index (χ0v) is 12.0. The first-order valence-electron chi connectivity index (χ1n) is 7.45. The van der Waals surface area contributed by atoms with E-state index in [4.69, 9.17) is 5.73 Å². The summed E-state index contributed by atoms with van der Waals surface area (Å²) in [5, 5.41) is 9.85. The van der Waals surface area contributed by atoms with Gasteiger partial charge in [0.2, 0.25) is 11.8 Å². The molecular weight excluding hydrogens is 270 g/mol. The molecule has 1 heterocycles. The quantitative estimate of drug-likeness (QED) is 0.698. The highest BCUT2D eigenvalue weighted by Crippen LogP contribution is 2.40. The van der Waals surface area contributed by atoms with Crippen molar-refractivity contribution in [3.05, 3.63) is 12.4 Å². The van der Waals surface area contributed by atoms with Gasteiger partial charge in [-0.25, -0.2) is 0 Å². The molecule has 0 atom stereocenters. The maximum absolute atomic E-state index is 12.2. The number of carbonyl (C=O) groups is 2. The van der Waals surface area contributed by atoms with E-state index in [2.05, 4.69) is 15.7 Å². The van der Waals surface area contributed by atoms with Crippen LogP contribution in [0.1, 0.15) is 32.1 Å². The Morgan fingerprint density at radius 3 is 2.76 bits per heavy atom. The van der Waals surface area contributed by atoms with Gasteiger partial charge in [0.25, 0.3) is 0 Å². The molecule has 2 amide bonds. The summed E-state index contributed by atoms with van der Waals surface area (Å²) in [5.41, 5.74) is 5.91. The molecular formula is C14H21N5O2. The van der Waals surface area contributed by atoms with Crippen LogP contribution in [-0.2, 0) is 16.1 Å². The Balaban J connectivity index is 1.54. The first kappa shape index (κ1) is 14.1. The van der Waals surface area contributed by atoms with Crippen LogP contribution in [0.2, 0.25) is 0 Å². The number of nitrogens with zero attached hydrogens (tertiary/aromatic N) is 2. The Labute approximate surface area is 123 Å². The maximum atomic E-state index is 12.2. The minimum absolute atomic E-state index is 0.0433. The summed E-state index contributed by atoms with van der Waals surface area (Å²) < 4.78 is 1.53. The minimum Gasteiger partial charge on any atom is -0.352 e. The van der Waals surface area contributed by atoms with Crippen LogP contribution in [0.15, 0.2) is 12.4 Å². The van der Waals surface area contributed by atoms with Gasteiger partial charge in [-0.1, -0.05) is 6.42 Å². The number of amides is 2. The number of nitrogens with one attached hydrogen (secondary N) is 2. The van der Waals surface area contributed by atoms with Crippen molar-refractivity contribution in [3.63, 3.8) is 0 Å². The van der Waals surface area contributed by atoms with E-state index < -0.39 is 5.41 Å². The van der Waals surface area contributed by atoms with E-state index >= 15 is 0 Å². The van der Waals surface area contributed by atoms with E-state index in [1.807, 2.05) is 0 Å². The Kier molecular flexibility index (Phi) is 3.67. The number of nitrogens with two attached hydrogens (primary N) is 1. The molecule has 1 aromatic rings. The number of aromatic nitrogens is 2. The Morgan fingerprint density at radius 2 is 2.19 bits per heavy atom. The van der Waals surface area contributed by atoms with E-state index in [0.717, 1.165) is 32.1 Å². The van der Waals surface area contributed by atoms with Crippen LogP contribution < -0.4 is 16.4 Å². The van der Waals surface area contributed by atoms with Crippen LogP contribution >= 0.6 is 0 Å². The van der Waals surface area contributed by atoms with Crippen LogP contribution in [0.3, 0.4) is 0 Å². The fourth-order valence-corrected chi connectivity index (χ4v) is 2.55. The van der Waals surface area contributed by atoms with Gasteiger partial charge in [0.1, 0.15) is 6.54 Å². The molecule has 2 aliphatic rings. The number of carbonyl (C=O) groups excluding carboxylic acids is 2. The summed E-state index contributed by atoms with van der Waals surface area (Å²) in [6.45, 7) is 0.547. The van der Waals surface area contributed by atoms with Gasteiger partial charge in [0.15, 0.2) is 0 Å². The molecule has 4 N–H and O–H groups in total. The molecule has 0 unspecified atom stereocenters. The second-order valence-electron chi connectivity index (χ2n) is 6.06. The van der Waals surface area contributed by atoms with E-state index in [9.17, 15) is 9.59 Å². The SMILES string of the molecule is NCC1(C(=O)Nc2cnn(CC(=O)NC3CC3)c2)CCC1. The summed E-state index contributed by atoms with van der Waals surface area (Å²) in [4.78, 5) is 23.9. The largest absolute Gasteiger partial charge is 0.352 e. The van der Waals surface area contributed by atoms with Gasteiger partial charge < -0.3 is 16.4 Å². The Morgan fingerprint density at radius 1 is 1.43 bits per heavy atom. The molecule has 21 heavy (non-hydrogen) atoms. The van der Waals surface area contributed by atoms with Crippen molar-refractivity contribution in [2.75, 3.05) is 11.9 Å². The normalized spacial score (nSPS) is 19.7. The monoisotopic (exact) mass is 291 g/mol. The molecule has 2 aliphatic carbocycles. The van der Waals surface area contributed by atoms with Gasteiger partial charge in [-0.2, -0.15) is 5.10 Å². The van der Waals surface area contributed by atoms with Crippen LogP contribution in [0, 0.1) is 5.41 Å². The lowest BCUT2D eigenvalue weighted by molar-refractivity contribution is -0.129. The number of hydrogen-bond donors (Lipinski definition) is 3. The highest BCUT2D eigenvalue weighted by Gasteiger charge is 2.42. The van der Waals surface area contributed by atoms with Gasteiger partial charge in [-0.3, -0.25) is 14.3 Å².